The summed E-state index contributed by atoms with van der Waals surface area (Å²) in [4.78, 5) is 0. The Morgan fingerprint density at radius 3 is 1.86 bits per heavy atom. The van der Waals surface area contributed by atoms with Crippen molar-refractivity contribution in [2.24, 2.45) is 10.8 Å². The van der Waals surface area contributed by atoms with Crippen LogP contribution in [0.25, 0.3) is 0 Å². The minimum Gasteiger partial charge on any atom is -0.390 e. The highest BCUT2D eigenvalue weighted by molar-refractivity contribution is 5.17. The third-order valence-electron chi connectivity index (χ3n) is 4.11. The van der Waals surface area contributed by atoms with Crippen LogP contribution in [-0.2, 0) is 0 Å². The van der Waals surface area contributed by atoms with E-state index < -0.39 is 5.60 Å². The van der Waals surface area contributed by atoms with Crippen molar-refractivity contribution in [1.29, 1.82) is 0 Å². The summed E-state index contributed by atoms with van der Waals surface area (Å²) in [6.45, 7) is 13.8. The van der Waals surface area contributed by atoms with Gasteiger partial charge in [0, 0.05) is 6.04 Å². The second-order valence-corrected chi connectivity index (χ2v) is 6.39. The molecular formula is C12H25NO. The van der Waals surface area contributed by atoms with Crippen LogP contribution in [0.2, 0.25) is 0 Å². The standard InChI is InChI=1S/C12H25NO/c1-10(2,14)7-8-13-9-11(3,4)12(9,5)6/h9,13-14H,7-8H2,1-6H3. The lowest BCUT2D eigenvalue weighted by molar-refractivity contribution is 0.0707. The molecule has 2 nitrogen and oxygen atoms in total. The number of hydrogen-bond donors (Lipinski definition) is 2. The predicted octanol–water partition coefficient (Wildman–Crippen LogP) is 2.17. The van der Waals surface area contributed by atoms with Crippen LogP contribution in [0.5, 0.6) is 0 Å². The summed E-state index contributed by atoms with van der Waals surface area (Å²) in [5.74, 6) is 0. The number of hydrogen-bond acceptors (Lipinski definition) is 2. The maximum atomic E-state index is 9.57. The average Bonchev–Trinajstić information content (AvgIpc) is 2.28. The van der Waals surface area contributed by atoms with Crippen molar-refractivity contribution in [3.05, 3.63) is 0 Å². The molecule has 0 heterocycles. The first-order chi connectivity index (χ1) is 6.09. The quantitative estimate of drug-likeness (QED) is 0.727. The van der Waals surface area contributed by atoms with Gasteiger partial charge in [-0.25, -0.2) is 0 Å². The molecule has 0 radical (unpaired) electrons. The monoisotopic (exact) mass is 199 g/mol. The summed E-state index contributed by atoms with van der Waals surface area (Å²) in [5, 5.41) is 13.1. The maximum Gasteiger partial charge on any atom is 0.0603 e. The molecule has 0 aromatic heterocycles. The molecule has 1 rings (SSSR count). The lowest BCUT2D eigenvalue weighted by atomic mass is 10.0. The third kappa shape index (κ3) is 2.12. The molecule has 2 heteroatoms. The van der Waals surface area contributed by atoms with Gasteiger partial charge in [0.25, 0.3) is 0 Å². The Bertz CT molecular complexity index is 199. The van der Waals surface area contributed by atoms with Gasteiger partial charge in [-0.1, -0.05) is 27.7 Å². The smallest absolute Gasteiger partial charge is 0.0603 e. The second kappa shape index (κ2) is 3.21. The summed E-state index contributed by atoms with van der Waals surface area (Å²) < 4.78 is 0. The van der Waals surface area contributed by atoms with E-state index in [1.165, 1.54) is 0 Å². The normalized spacial score (nSPS) is 25.1. The summed E-state index contributed by atoms with van der Waals surface area (Å²) >= 11 is 0. The Balaban J connectivity index is 2.30. The molecule has 0 bridgehead atoms. The minimum atomic E-state index is -0.545. The van der Waals surface area contributed by atoms with Crippen LogP contribution in [0.3, 0.4) is 0 Å². The summed E-state index contributed by atoms with van der Waals surface area (Å²) in [6, 6.07) is 0.595. The Labute approximate surface area is 88.1 Å². The fourth-order valence-corrected chi connectivity index (χ4v) is 2.23. The second-order valence-electron chi connectivity index (χ2n) is 6.39. The van der Waals surface area contributed by atoms with Crippen molar-refractivity contribution in [3.63, 3.8) is 0 Å². The van der Waals surface area contributed by atoms with Gasteiger partial charge >= 0.3 is 0 Å². The Kier molecular flexibility index (Phi) is 2.75. The Morgan fingerprint density at radius 1 is 1.14 bits per heavy atom. The van der Waals surface area contributed by atoms with E-state index in [2.05, 4.69) is 33.0 Å². The molecule has 0 aliphatic heterocycles. The van der Waals surface area contributed by atoms with Crippen LogP contribution >= 0.6 is 0 Å². The van der Waals surface area contributed by atoms with E-state index >= 15 is 0 Å². The van der Waals surface area contributed by atoms with Crippen LogP contribution in [0, 0.1) is 10.8 Å². The zero-order valence-corrected chi connectivity index (χ0v) is 10.4. The number of aliphatic hydroxyl groups is 1. The predicted molar refractivity (Wildman–Crippen MR) is 60.3 cm³/mol. The third-order valence-corrected chi connectivity index (χ3v) is 4.11. The molecule has 1 saturated carbocycles. The van der Waals surface area contributed by atoms with Crippen LogP contribution in [0.15, 0.2) is 0 Å². The molecule has 0 aromatic carbocycles. The van der Waals surface area contributed by atoms with Crippen molar-refractivity contribution in [3.8, 4) is 0 Å². The molecular weight excluding hydrogens is 174 g/mol. The van der Waals surface area contributed by atoms with E-state index in [1.807, 2.05) is 13.8 Å². The Hall–Kier alpha value is -0.0800. The summed E-state index contributed by atoms with van der Waals surface area (Å²) in [7, 11) is 0. The van der Waals surface area contributed by atoms with Gasteiger partial charge < -0.3 is 10.4 Å². The van der Waals surface area contributed by atoms with Crippen LogP contribution in [0.4, 0.5) is 0 Å². The van der Waals surface area contributed by atoms with E-state index in [9.17, 15) is 5.11 Å². The molecule has 2 N–H and O–H groups in total. The minimum absolute atomic E-state index is 0.395. The zero-order chi connectivity index (χ0) is 11.2. The van der Waals surface area contributed by atoms with Crippen molar-refractivity contribution in [2.75, 3.05) is 6.54 Å². The average molecular weight is 199 g/mol. The highest BCUT2D eigenvalue weighted by Gasteiger charge is 2.64. The molecule has 1 fully saturated rings. The molecule has 1 aliphatic carbocycles. The largest absolute Gasteiger partial charge is 0.390 e. The van der Waals surface area contributed by atoms with Crippen molar-refractivity contribution in [1.82, 2.24) is 5.32 Å². The lowest BCUT2D eigenvalue weighted by Gasteiger charge is -2.17. The van der Waals surface area contributed by atoms with Crippen molar-refractivity contribution < 1.29 is 5.11 Å². The first-order valence-electron chi connectivity index (χ1n) is 5.55. The summed E-state index contributed by atoms with van der Waals surface area (Å²) in [6.07, 6.45) is 0.815. The molecule has 0 saturated heterocycles. The van der Waals surface area contributed by atoms with Crippen LogP contribution in [-0.4, -0.2) is 23.3 Å². The van der Waals surface area contributed by atoms with Crippen LogP contribution in [0.1, 0.15) is 48.0 Å². The van der Waals surface area contributed by atoms with Gasteiger partial charge in [-0.15, -0.1) is 0 Å². The maximum absolute atomic E-state index is 9.57. The fourth-order valence-electron chi connectivity index (χ4n) is 2.23. The van der Waals surface area contributed by atoms with Gasteiger partial charge in [0.1, 0.15) is 0 Å². The van der Waals surface area contributed by atoms with Crippen molar-refractivity contribution in [2.45, 2.75) is 59.6 Å². The van der Waals surface area contributed by atoms with Gasteiger partial charge in [0.15, 0.2) is 0 Å². The van der Waals surface area contributed by atoms with E-state index in [0.717, 1.165) is 13.0 Å². The molecule has 1 aliphatic rings. The van der Waals surface area contributed by atoms with Gasteiger partial charge in [-0.3, -0.25) is 0 Å². The first kappa shape index (κ1) is 12.0. The molecule has 0 atom stereocenters. The molecule has 84 valence electrons. The Morgan fingerprint density at radius 2 is 1.57 bits per heavy atom. The van der Waals surface area contributed by atoms with E-state index in [4.69, 9.17) is 0 Å². The number of nitrogens with one attached hydrogen (secondary N) is 1. The molecule has 0 unspecified atom stereocenters. The van der Waals surface area contributed by atoms with Crippen LogP contribution < -0.4 is 5.32 Å². The van der Waals surface area contributed by atoms with Gasteiger partial charge in [0.05, 0.1) is 5.60 Å². The SMILES string of the molecule is CC(C)(O)CCNC1C(C)(C)C1(C)C. The van der Waals surface area contributed by atoms with Gasteiger partial charge in [-0.2, -0.15) is 0 Å². The molecule has 0 aromatic rings. The highest BCUT2D eigenvalue weighted by atomic mass is 16.3. The van der Waals surface area contributed by atoms with E-state index in [1.54, 1.807) is 0 Å². The lowest BCUT2D eigenvalue weighted by Crippen LogP contribution is -2.30. The topological polar surface area (TPSA) is 32.3 Å². The first-order valence-corrected chi connectivity index (χ1v) is 5.55. The molecule has 0 spiro atoms. The number of rotatable bonds is 4. The van der Waals surface area contributed by atoms with Gasteiger partial charge in [-0.05, 0) is 37.6 Å². The van der Waals surface area contributed by atoms with E-state index in [0.29, 0.717) is 16.9 Å². The zero-order valence-electron chi connectivity index (χ0n) is 10.4. The van der Waals surface area contributed by atoms with Crippen molar-refractivity contribution >= 4 is 0 Å². The van der Waals surface area contributed by atoms with Gasteiger partial charge in [0.2, 0.25) is 0 Å². The fraction of sp³-hybridized carbons (Fsp3) is 1.00. The van der Waals surface area contributed by atoms with E-state index in [-0.39, 0.29) is 0 Å². The molecule has 0 amide bonds. The molecule has 14 heavy (non-hydrogen) atoms. The summed E-state index contributed by atoms with van der Waals surface area (Å²) in [5.41, 5.74) is 0.245. The highest BCUT2D eigenvalue weighted by Crippen LogP contribution is 2.62.